The average molecular weight is 194 g/mol. The first-order chi connectivity index (χ1) is 5.57. The van der Waals surface area contributed by atoms with Crippen LogP contribution in [-0.2, 0) is 4.74 Å². The molecule has 1 heterocycles. The lowest BCUT2D eigenvalue weighted by Crippen LogP contribution is -2.57. The third kappa shape index (κ3) is 1.75. The van der Waals surface area contributed by atoms with Crippen molar-refractivity contribution in [1.82, 2.24) is 0 Å². The Balaban J connectivity index is 2.63. The van der Waals surface area contributed by atoms with Crippen molar-refractivity contribution in [2.45, 2.75) is 37.4 Å². The van der Waals surface area contributed by atoms with Crippen molar-refractivity contribution in [2.24, 2.45) is 0 Å². The van der Waals surface area contributed by atoms with Crippen molar-refractivity contribution < 1.29 is 20.1 Å². The van der Waals surface area contributed by atoms with E-state index in [2.05, 4.69) is 12.6 Å². The Hall–Kier alpha value is 0.190. The van der Waals surface area contributed by atoms with E-state index in [0.29, 0.717) is 5.75 Å². The molecular weight excluding hydrogens is 180 g/mol. The highest BCUT2D eigenvalue weighted by molar-refractivity contribution is 7.80. The van der Waals surface area contributed by atoms with Gasteiger partial charge in [-0.05, 0) is 6.92 Å². The average Bonchev–Trinajstić information content (AvgIpc) is 2.08. The Morgan fingerprint density at radius 1 is 1.17 bits per heavy atom. The third-order valence-corrected chi connectivity index (χ3v) is 2.49. The summed E-state index contributed by atoms with van der Waals surface area (Å²) in [4.78, 5) is 0. The predicted octanol–water partition coefficient (Wildman–Crippen LogP) is -1.21. The first-order valence-corrected chi connectivity index (χ1v) is 4.51. The van der Waals surface area contributed by atoms with Crippen LogP contribution in [0.2, 0.25) is 0 Å². The molecule has 3 N–H and O–H groups in total. The van der Waals surface area contributed by atoms with Crippen molar-refractivity contribution >= 4 is 12.6 Å². The second-order valence-electron chi connectivity index (χ2n) is 3.03. The first-order valence-electron chi connectivity index (χ1n) is 3.88. The van der Waals surface area contributed by atoms with Crippen LogP contribution in [0.25, 0.3) is 0 Å². The fourth-order valence-corrected chi connectivity index (χ4v) is 1.59. The van der Waals surface area contributed by atoms with Gasteiger partial charge in [0.2, 0.25) is 0 Å². The molecule has 0 aliphatic carbocycles. The minimum absolute atomic E-state index is 0.329. The Bertz CT molecular complexity index is 150. The molecule has 0 aromatic rings. The maximum Gasteiger partial charge on any atom is 0.111 e. The Labute approximate surface area is 76.6 Å². The molecule has 5 heteroatoms. The van der Waals surface area contributed by atoms with Crippen LogP contribution in [0.4, 0.5) is 0 Å². The van der Waals surface area contributed by atoms with Crippen LogP contribution in [0.1, 0.15) is 6.92 Å². The lowest BCUT2D eigenvalue weighted by Gasteiger charge is -2.38. The molecule has 1 fully saturated rings. The van der Waals surface area contributed by atoms with Crippen molar-refractivity contribution in [1.29, 1.82) is 0 Å². The molecule has 1 aliphatic heterocycles. The molecule has 0 aromatic heterocycles. The lowest BCUT2D eigenvalue weighted by molar-refractivity contribution is -0.210. The van der Waals surface area contributed by atoms with Crippen molar-refractivity contribution in [3.8, 4) is 0 Å². The minimum atomic E-state index is -1.13. The Morgan fingerprint density at radius 2 is 1.75 bits per heavy atom. The smallest absolute Gasteiger partial charge is 0.111 e. The fraction of sp³-hybridized carbons (Fsp3) is 1.00. The fourth-order valence-electron chi connectivity index (χ4n) is 1.29. The summed E-state index contributed by atoms with van der Waals surface area (Å²) in [6.45, 7) is 1.65. The largest absolute Gasteiger partial charge is 0.388 e. The van der Waals surface area contributed by atoms with Crippen molar-refractivity contribution in [2.75, 3.05) is 5.75 Å². The second kappa shape index (κ2) is 3.93. The zero-order valence-corrected chi connectivity index (χ0v) is 7.69. The van der Waals surface area contributed by atoms with Crippen molar-refractivity contribution in [3.05, 3.63) is 0 Å². The highest BCUT2D eigenvalue weighted by Crippen LogP contribution is 2.21. The van der Waals surface area contributed by atoms with Gasteiger partial charge in [-0.2, -0.15) is 12.6 Å². The molecule has 1 rings (SSSR count). The standard InChI is InChI=1S/C7H14O4S/c1-3-5(8)7(10)6(9)4(2-12)11-3/h3-10,12H,2H2,1H3/t3?,4?,5-,6-,7?/m1/s1. The van der Waals surface area contributed by atoms with Crippen LogP contribution in [0.5, 0.6) is 0 Å². The monoisotopic (exact) mass is 194 g/mol. The Kier molecular flexibility index (Phi) is 3.37. The number of hydrogen-bond acceptors (Lipinski definition) is 5. The van der Waals surface area contributed by atoms with E-state index in [9.17, 15) is 15.3 Å². The summed E-state index contributed by atoms with van der Waals surface area (Å²) in [5.74, 6) is 0.329. The number of ether oxygens (including phenoxy) is 1. The van der Waals surface area contributed by atoms with E-state index >= 15 is 0 Å². The van der Waals surface area contributed by atoms with Gasteiger partial charge < -0.3 is 20.1 Å². The zero-order chi connectivity index (χ0) is 9.30. The number of thiol groups is 1. The molecule has 5 atom stereocenters. The highest BCUT2D eigenvalue weighted by atomic mass is 32.1. The summed E-state index contributed by atoms with van der Waals surface area (Å²) in [6.07, 6.45) is -4.15. The second-order valence-corrected chi connectivity index (χ2v) is 3.40. The highest BCUT2D eigenvalue weighted by Gasteiger charge is 2.40. The zero-order valence-electron chi connectivity index (χ0n) is 6.79. The van der Waals surface area contributed by atoms with E-state index < -0.39 is 30.5 Å². The van der Waals surface area contributed by atoms with Crippen LogP contribution in [0.15, 0.2) is 0 Å². The van der Waals surface area contributed by atoms with Gasteiger partial charge in [0.15, 0.2) is 0 Å². The minimum Gasteiger partial charge on any atom is -0.388 e. The van der Waals surface area contributed by atoms with Crippen LogP contribution in [0, 0.1) is 0 Å². The molecule has 1 saturated heterocycles. The van der Waals surface area contributed by atoms with Crippen LogP contribution in [0.3, 0.4) is 0 Å². The van der Waals surface area contributed by atoms with Gasteiger partial charge in [0, 0.05) is 5.75 Å². The van der Waals surface area contributed by atoms with E-state index in [1.807, 2.05) is 0 Å². The van der Waals surface area contributed by atoms with Gasteiger partial charge in [0.05, 0.1) is 12.2 Å². The van der Waals surface area contributed by atoms with Gasteiger partial charge in [0.25, 0.3) is 0 Å². The molecule has 1 aliphatic rings. The molecule has 72 valence electrons. The molecule has 4 nitrogen and oxygen atoms in total. The molecule has 3 unspecified atom stereocenters. The van der Waals surface area contributed by atoms with Crippen LogP contribution >= 0.6 is 12.6 Å². The van der Waals surface area contributed by atoms with E-state index in [1.165, 1.54) is 0 Å². The van der Waals surface area contributed by atoms with Crippen LogP contribution < -0.4 is 0 Å². The van der Waals surface area contributed by atoms with Gasteiger partial charge >= 0.3 is 0 Å². The summed E-state index contributed by atoms with van der Waals surface area (Å²) in [7, 11) is 0. The molecule has 0 saturated carbocycles. The maximum atomic E-state index is 9.34. The van der Waals surface area contributed by atoms with Gasteiger partial charge in [-0.1, -0.05) is 0 Å². The molecule has 0 radical (unpaired) electrons. The normalized spacial score (nSPS) is 49.2. The summed E-state index contributed by atoms with van der Waals surface area (Å²) in [6, 6.07) is 0. The quantitative estimate of drug-likeness (QED) is 0.395. The summed E-state index contributed by atoms with van der Waals surface area (Å²) in [5.41, 5.74) is 0. The molecule has 0 bridgehead atoms. The summed E-state index contributed by atoms with van der Waals surface area (Å²) < 4.78 is 5.19. The van der Waals surface area contributed by atoms with E-state index in [1.54, 1.807) is 6.92 Å². The van der Waals surface area contributed by atoms with Gasteiger partial charge in [-0.3, -0.25) is 0 Å². The molecular formula is C7H14O4S. The molecule has 12 heavy (non-hydrogen) atoms. The third-order valence-electron chi connectivity index (χ3n) is 2.13. The molecule has 0 aromatic carbocycles. The molecule has 0 amide bonds. The topological polar surface area (TPSA) is 69.9 Å². The summed E-state index contributed by atoms with van der Waals surface area (Å²) >= 11 is 3.96. The van der Waals surface area contributed by atoms with E-state index in [0.717, 1.165) is 0 Å². The number of hydrogen-bond donors (Lipinski definition) is 4. The number of rotatable bonds is 1. The number of aliphatic hydroxyl groups is 3. The summed E-state index contributed by atoms with van der Waals surface area (Å²) in [5, 5.41) is 27.9. The van der Waals surface area contributed by atoms with E-state index in [4.69, 9.17) is 4.74 Å². The van der Waals surface area contributed by atoms with E-state index in [-0.39, 0.29) is 0 Å². The lowest BCUT2D eigenvalue weighted by atomic mass is 9.97. The maximum absolute atomic E-state index is 9.34. The SMILES string of the molecule is CC1OC(CS)[C@@H](O)C(O)[C@@H]1O. The molecule has 0 spiro atoms. The van der Waals surface area contributed by atoms with Gasteiger partial charge in [0.1, 0.15) is 18.3 Å². The van der Waals surface area contributed by atoms with Gasteiger partial charge in [-0.15, -0.1) is 0 Å². The Morgan fingerprint density at radius 3 is 2.25 bits per heavy atom. The van der Waals surface area contributed by atoms with Gasteiger partial charge in [-0.25, -0.2) is 0 Å². The first kappa shape index (κ1) is 10.3. The van der Waals surface area contributed by atoms with Crippen LogP contribution in [-0.4, -0.2) is 51.6 Å². The number of aliphatic hydroxyl groups excluding tert-OH is 3. The van der Waals surface area contributed by atoms with Crippen molar-refractivity contribution in [3.63, 3.8) is 0 Å². The predicted molar refractivity (Wildman–Crippen MR) is 46.2 cm³/mol.